The van der Waals surface area contributed by atoms with Crippen LogP contribution in [0.2, 0.25) is 0 Å². The van der Waals surface area contributed by atoms with E-state index >= 15 is 0 Å². The molecular weight excluding hydrogens is 174 g/mol. The van der Waals surface area contributed by atoms with Crippen molar-refractivity contribution in [3.05, 3.63) is 0 Å². The van der Waals surface area contributed by atoms with Gasteiger partial charge in [-0.25, -0.2) is 0 Å². The Hall–Kier alpha value is -0.730. The molecule has 1 saturated carbocycles. The van der Waals surface area contributed by atoms with Gasteiger partial charge >= 0.3 is 0 Å². The molecular formula is C11H23N3. The molecule has 1 aliphatic rings. The molecule has 0 radical (unpaired) electrons. The summed E-state index contributed by atoms with van der Waals surface area (Å²) in [5, 5.41) is 3.11. The molecule has 1 rings (SSSR count). The van der Waals surface area contributed by atoms with Crippen molar-refractivity contribution in [2.75, 3.05) is 6.54 Å². The first kappa shape index (κ1) is 11.3. The smallest absolute Gasteiger partial charge is 0.188 e. The summed E-state index contributed by atoms with van der Waals surface area (Å²) < 4.78 is 0. The Morgan fingerprint density at radius 2 is 2.21 bits per heavy atom. The van der Waals surface area contributed by atoms with Crippen LogP contribution in [-0.2, 0) is 0 Å². The van der Waals surface area contributed by atoms with Gasteiger partial charge in [-0.3, -0.25) is 4.99 Å². The number of nitrogens with one attached hydrogen (secondary N) is 1. The molecule has 0 aromatic carbocycles. The van der Waals surface area contributed by atoms with E-state index in [-0.39, 0.29) is 0 Å². The maximum Gasteiger partial charge on any atom is 0.188 e. The molecule has 14 heavy (non-hydrogen) atoms. The fourth-order valence-electron chi connectivity index (χ4n) is 2.05. The van der Waals surface area contributed by atoms with E-state index in [4.69, 9.17) is 5.73 Å². The van der Waals surface area contributed by atoms with Crippen LogP contribution < -0.4 is 11.1 Å². The predicted molar refractivity (Wildman–Crippen MR) is 61.3 cm³/mol. The minimum absolute atomic E-state index is 0.375. The molecule has 2 atom stereocenters. The first-order valence-electron chi connectivity index (χ1n) is 5.66. The van der Waals surface area contributed by atoms with Gasteiger partial charge in [-0.2, -0.15) is 0 Å². The zero-order valence-electron chi connectivity index (χ0n) is 9.59. The summed E-state index contributed by atoms with van der Waals surface area (Å²) in [6.07, 6.45) is 4.04. The number of hydrogen-bond donors (Lipinski definition) is 2. The summed E-state index contributed by atoms with van der Waals surface area (Å²) in [5.41, 5.74) is 5.74. The number of hydrogen-bond acceptors (Lipinski definition) is 1. The summed E-state index contributed by atoms with van der Waals surface area (Å²) in [4.78, 5) is 4.38. The zero-order chi connectivity index (χ0) is 10.6. The van der Waals surface area contributed by atoms with Gasteiger partial charge in [0.2, 0.25) is 0 Å². The van der Waals surface area contributed by atoms with Crippen molar-refractivity contribution < 1.29 is 0 Å². The highest BCUT2D eigenvalue weighted by atomic mass is 15.1. The van der Waals surface area contributed by atoms with Crippen molar-refractivity contribution in [1.82, 2.24) is 5.32 Å². The Kier molecular flexibility index (Phi) is 4.23. The number of aliphatic imine (C=N–C) groups is 1. The zero-order valence-corrected chi connectivity index (χ0v) is 9.59. The maximum absolute atomic E-state index is 5.74. The standard InChI is InChI=1S/C11H23N3/c1-8(2)14-11(12)13-7-10-6-4-5-9(10)3/h8-10H,4-7H2,1-3H3,(H3,12,13,14). The van der Waals surface area contributed by atoms with E-state index in [2.05, 4.69) is 31.1 Å². The van der Waals surface area contributed by atoms with Crippen LogP contribution in [0.5, 0.6) is 0 Å². The second-order valence-electron chi connectivity index (χ2n) is 4.69. The number of guanidine groups is 1. The summed E-state index contributed by atoms with van der Waals surface area (Å²) in [6.45, 7) is 7.35. The fourth-order valence-corrected chi connectivity index (χ4v) is 2.05. The van der Waals surface area contributed by atoms with Crippen molar-refractivity contribution >= 4 is 5.96 Å². The lowest BCUT2D eigenvalue weighted by atomic mass is 9.99. The molecule has 0 amide bonds. The molecule has 0 saturated heterocycles. The average Bonchev–Trinajstić information content (AvgIpc) is 2.46. The minimum Gasteiger partial charge on any atom is -0.370 e. The van der Waals surface area contributed by atoms with Gasteiger partial charge in [-0.1, -0.05) is 19.8 Å². The topological polar surface area (TPSA) is 50.4 Å². The third-order valence-corrected chi connectivity index (χ3v) is 2.97. The molecule has 3 nitrogen and oxygen atoms in total. The highest BCUT2D eigenvalue weighted by Gasteiger charge is 2.22. The average molecular weight is 197 g/mol. The van der Waals surface area contributed by atoms with Crippen LogP contribution in [0.1, 0.15) is 40.0 Å². The van der Waals surface area contributed by atoms with Gasteiger partial charge in [-0.15, -0.1) is 0 Å². The van der Waals surface area contributed by atoms with Gasteiger partial charge in [0.15, 0.2) is 5.96 Å². The summed E-state index contributed by atoms with van der Waals surface area (Å²) in [7, 11) is 0. The number of nitrogens with zero attached hydrogens (tertiary/aromatic N) is 1. The molecule has 0 heterocycles. The van der Waals surface area contributed by atoms with Gasteiger partial charge in [0.25, 0.3) is 0 Å². The third-order valence-electron chi connectivity index (χ3n) is 2.97. The largest absolute Gasteiger partial charge is 0.370 e. The second-order valence-corrected chi connectivity index (χ2v) is 4.69. The number of nitrogens with two attached hydrogens (primary N) is 1. The molecule has 2 unspecified atom stereocenters. The van der Waals surface area contributed by atoms with Crippen molar-refractivity contribution in [2.45, 2.75) is 46.1 Å². The second kappa shape index (κ2) is 5.23. The molecule has 1 aliphatic carbocycles. The van der Waals surface area contributed by atoms with Gasteiger partial charge in [0, 0.05) is 12.6 Å². The molecule has 0 spiro atoms. The van der Waals surface area contributed by atoms with E-state index in [0.717, 1.165) is 18.4 Å². The fraction of sp³-hybridized carbons (Fsp3) is 0.909. The predicted octanol–water partition coefficient (Wildman–Crippen LogP) is 1.74. The first-order valence-corrected chi connectivity index (χ1v) is 5.66. The van der Waals surface area contributed by atoms with Crippen LogP contribution in [0.25, 0.3) is 0 Å². The van der Waals surface area contributed by atoms with Gasteiger partial charge in [0.1, 0.15) is 0 Å². The molecule has 0 aliphatic heterocycles. The van der Waals surface area contributed by atoms with Crippen LogP contribution in [-0.4, -0.2) is 18.5 Å². The van der Waals surface area contributed by atoms with Crippen LogP contribution in [0.3, 0.4) is 0 Å². The summed E-state index contributed by atoms with van der Waals surface area (Å²) in [6, 6.07) is 0.375. The molecule has 3 N–H and O–H groups in total. The molecule has 1 fully saturated rings. The van der Waals surface area contributed by atoms with E-state index in [1.165, 1.54) is 19.3 Å². The SMILES string of the molecule is CC(C)NC(N)=NCC1CCCC1C. The molecule has 0 bridgehead atoms. The quantitative estimate of drug-likeness (QED) is 0.535. The Morgan fingerprint density at radius 1 is 1.50 bits per heavy atom. The lowest BCUT2D eigenvalue weighted by Gasteiger charge is -2.13. The lowest BCUT2D eigenvalue weighted by Crippen LogP contribution is -2.37. The van der Waals surface area contributed by atoms with Crippen LogP contribution in [0.4, 0.5) is 0 Å². The maximum atomic E-state index is 5.74. The Labute approximate surface area is 87.2 Å². The van der Waals surface area contributed by atoms with Crippen LogP contribution in [0.15, 0.2) is 4.99 Å². The van der Waals surface area contributed by atoms with E-state index in [1.54, 1.807) is 0 Å². The third kappa shape index (κ3) is 3.56. The first-order chi connectivity index (χ1) is 6.59. The van der Waals surface area contributed by atoms with Crippen LogP contribution >= 0.6 is 0 Å². The van der Waals surface area contributed by atoms with Gasteiger partial charge < -0.3 is 11.1 Å². The Bertz CT molecular complexity index is 199. The summed E-state index contributed by atoms with van der Waals surface area (Å²) in [5.74, 6) is 2.17. The summed E-state index contributed by atoms with van der Waals surface area (Å²) >= 11 is 0. The van der Waals surface area contributed by atoms with E-state index in [9.17, 15) is 0 Å². The van der Waals surface area contributed by atoms with Gasteiger partial charge in [0.05, 0.1) is 0 Å². The van der Waals surface area contributed by atoms with Crippen molar-refractivity contribution in [3.63, 3.8) is 0 Å². The van der Waals surface area contributed by atoms with E-state index in [0.29, 0.717) is 12.0 Å². The highest BCUT2D eigenvalue weighted by molar-refractivity contribution is 5.78. The number of rotatable bonds is 3. The normalized spacial score (nSPS) is 28.4. The molecule has 0 aromatic heterocycles. The molecule has 3 heteroatoms. The monoisotopic (exact) mass is 197 g/mol. The lowest BCUT2D eigenvalue weighted by molar-refractivity contribution is 0.429. The Balaban J connectivity index is 2.30. The molecule has 82 valence electrons. The minimum atomic E-state index is 0.375. The molecule has 0 aromatic rings. The van der Waals surface area contributed by atoms with Crippen molar-refractivity contribution in [2.24, 2.45) is 22.6 Å². The Morgan fingerprint density at radius 3 is 2.71 bits per heavy atom. The van der Waals surface area contributed by atoms with Gasteiger partial charge in [-0.05, 0) is 32.1 Å². The van der Waals surface area contributed by atoms with E-state index in [1.807, 2.05) is 0 Å². The van der Waals surface area contributed by atoms with Crippen molar-refractivity contribution in [1.29, 1.82) is 0 Å². The van der Waals surface area contributed by atoms with E-state index < -0.39 is 0 Å². The highest BCUT2D eigenvalue weighted by Crippen LogP contribution is 2.31. The van der Waals surface area contributed by atoms with Crippen molar-refractivity contribution in [3.8, 4) is 0 Å². The van der Waals surface area contributed by atoms with Crippen LogP contribution in [0, 0.1) is 11.8 Å².